The number of hydrogen-bond acceptors (Lipinski definition) is 3. The van der Waals surface area contributed by atoms with Crippen molar-refractivity contribution in [1.29, 1.82) is 5.26 Å². The highest BCUT2D eigenvalue weighted by molar-refractivity contribution is 6.30. The van der Waals surface area contributed by atoms with E-state index in [0.717, 1.165) is 5.56 Å². The van der Waals surface area contributed by atoms with Gasteiger partial charge in [-0.15, -0.1) is 0 Å². The number of hydrogen-bond donors (Lipinski definition) is 0. The van der Waals surface area contributed by atoms with Gasteiger partial charge in [-0.3, -0.25) is 0 Å². The van der Waals surface area contributed by atoms with E-state index in [0.29, 0.717) is 22.2 Å². The quantitative estimate of drug-likeness (QED) is 0.767. The third-order valence-electron chi connectivity index (χ3n) is 2.30. The molecule has 0 fully saturated rings. The molecule has 0 aliphatic rings. The number of pyridine rings is 1. The minimum atomic E-state index is 0.140. The number of halogens is 2. The molecule has 0 amide bonds. The second-order valence-electron chi connectivity index (χ2n) is 3.61. The van der Waals surface area contributed by atoms with Gasteiger partial charge in [0.25, 0.3) is 0 Å². The van der Waals surface area contributed by atoms with Gasteiger partial charge in [-0.25, -0.2) is 0 Å². The van der Waals surface area contributed by atoms with Gasteiger partial charge in [-0.2, -0.15) is 10.2 Å². The van der Waals surface area contributed by atoms with Gasteiger partial charge in [0.15, 0.2) is 5.15 Å². The fraction of sp³-hybridized carbons (Fsp3) is 0.0769. The van der Waals surface area contributed by atoms with Crippen molar-refractivity contribution in [1.82, 2.24) is 4.98 Å². The third-order valence-corrected chi connectivity index (χ3v) is 2.82. The van der Waals surface area contributed by atoms with E-state index in [1.54, 1.807) is 37.3 Å². The largest absolute Gasteiger partial charge is 0.439 e. The van der Waals surface area contributed by atoms with Crippen molar-refractivity contribution in [2.75, 3.05) is 0 Å². The predicted molar refractivity (Wildman–Crippen MR) is 70.2 cm³/mol. The molecule has 0 aliphatic heterocycles. The van der Waals surface area contributed by atoms with Crippen LogP contribution in [0, 0.1) is 18.3 Å². The van der Waals surface area contributed by atoms with E-state index in [4.69, 9.17) is 33.2 Å². The highest BCUT2D eigenvalue weighted by Gasteiger charge is 2.09. The van der Waals surface area contributed by atoms with Crippen molar-refractivity contribution in [3.05, 3.63) is 51.6 Å². The van der Waals surface area contributed by atoms with Crippen LogP contribution >= 0.6 is 23.2 Å². The highest BCUT2D eigenvalue weighted by Crippen LogP contribution is 2.26. The average Bonchev–Trinajstić information content (AvgIpc) is 2.32. The second-order valence-corrected chi connectivity index (χ2v) is 4.41. The van der Waals surface area contributed by atoms with Crippen LogP contribution in [0.25, 0.3) is 0 Å². The first-order valence-corrected chi connectivity index (χ1v) is 5.86. The highest BCUT2D eigenvalue weighted by atomic mass is 35.5. The summed E-state index contributed by atoms with van der Waals surface area (Å²) in [6.45, 7) is 1.78. The molecule has 0 saturated carbocycles. The molecule has 1 aromatic heterocycles. The molecule has 90 valence electrons. The molecule has 0 unspecified atom stereocenters. The van der Waals surface area contributed by atoms with Crippen LogP contribution in [-0.4, -0.2) is 4.98 Å². The summed E-state index contributed by atoms with van der Waals surface area (Å²) in [5.41, 5.74) is 1.08. The summed E-state index contributed by atoms with van der Waals surface area (Å²) in [5, 5.41) is 9.65. The minimum absolute atomic E-state index is 0.140. The monoisotopic (exact) mass is 278 g/mol. The zero-order valence-corrected chi connectivity index (χ0v) is 11.0. The maximum absolute atomic E-state index is 8.88. The summed E-state index contributed by atoms with van der Waals surface area (Å²) in [4.78, 5) is 4.01. The first kappa shape index (κ1) is 12.7. The summed E-state index contributed by atoms with van der Waals surface area (Å²) in [5.74, 6) is 0.950. The summed E-state index contributed by atoms with van der Waals surface area (Å²) < 4.78 is 5.53. The molecule has 0 N–H and O–H groups in total. The van der Waals surface area contributed by atoms with Gasteiger partial charge in [0, 0.05) is 11.1 Å². The third kappa shape index (κ3) is 2.73. The summed E-state index contributed by atoms with van der Waals surface area (Å²) in [6.07, 6.45) is 0. The molecule has 0 spiro atoms. The van der Waals surface area contributed by atoms with Crippen molar-refractivity contribution in [3.63, 3.8) is 0 Å². The van der Waals surface area contributed by atoms with E-state index in [1.807, 2.05) is 6.07 Å². The van der Waals surface area contributed by atoms with Crippen LogP contribution in [0.5, 0.6) is 11.6 Å². The first-order chi connectivity index (χ1) is 8.60. The molecule has 18 heavy (non-hydrogen) atoms. The number of rotatable bonds is 2. The lowest BCUT2D eigenvalue weighted by Gasteiger charge is -2.07. The number of nitriles is 1. The van der Waals surface area contributed by atoms with Crippen LogP contribution in [0.2, 0.25) is 10.2 Å². The lowest BCUT2D eigenvalue weighted by molar-refractivity contribution is 0.462. The number of aromatic nitrogens is 1. The zero-order valence-electron chi connectivity index (χ0n) is 9.45. The van der Waals surface area contributed by atoms with Crippen LogP contribution in [0.3, 0.4) is 0 Å². The normalized spacial score (nSPS) is 9.89. The summed E-state index contributed by atoms with van der Waals surface area (Å²) in [6, 6.07) is 10.6. The topological polar surface area (TPSA) is 45.9 Å². The summed E-state index contributed by atoms with van der Waals surface area (Å²) >= 11 is 11.7. The van der Waals surface area contributed by atoms with Gasteiger partial charge in [0.1, 0.15) is 11.8 Å². The molecule has 2 rings (SSSR count). The molecular formula is C13H8Cl2N2O. The summed E-state index contributed by atoms with van der Waals surface area (Å²) in [7, 11) is 0. The molecule has 2 aromatic rings. The van der Waals surface area contributed by atoms with E-state index in [2.05, 4.69) is 4.98 Å². The van der Waals surface area contributed by atoms with Crippen molar-refractivity contribution in [2.24, 2.45) is 0 Å². The first-order valence-electron chi connectivity index (χ1n) is 5.11. The Morgan fingerprint density at radius 3 is 2.44 bits per heavy atom. The molecule has 5 heteroatoms. The van der Waals surface area contributed by atoms with E-state index in [1.165, 1.54) is 0 Å². The van der Waals surface area contributed by atoms with E-state index >= 15 is 0 Å². The van der Waals surface area contributed by atoms with E-state index < -0.39 is 0 Å². The van der Waals surface area contributed by atoms with Gasteiger partial charge in [0.2, 0.25) is 5.88 Å². The molecule has 1 heterocycles. The molecule has 0 radical (unpaired) electrons. The van der Waals surface area contributed by atoms with Crippen molar-refractivity contribution >= 4 is 23.2 Å². The van der Waals surface area contributed by atoms with Gasteiger partial charge in [-0.1, -0.05) is 23.2 Å². The lowest BCUT2D eigenvalue weighted by Crippen LogP contribution is -1.93. The SMILES string of the molecule is Cc1cc(Oc2ccc(Cl)cc2)nc(Cl)c1C#N. The second kappa shape index (κ2) is 5.26. The predicted octanol–water partition coefficient (Wildman–Crippen LogP) is 4.36. The van der Waals surface area contributed by atoms with E-state index in [9.17, 15) is 0 Å². The van der Waals surface area contributed by atoms with E-state index in [-0.39, 0.29) is 5.15 Å². The number of benzene rings is 1. The fourth-order valence-electron chi connectivity index (χ4n) is 1.41. The average molecular weight is 279 g/mol. The fourth-order valence-corrected chi connectivity index (χ4v) is 1.82. The standard InChI is InChI=1S/C13H8Cl2N2O/c1-8-6-12(17-13(15)11(8)7-16)18-10-4-2-9(14)3-5-10/h2-6H,1H3. The lowest BCUT2D eigenvalue weighted by atomic mass is 10.2. The van der Waals surface area contributed by atoms with Crippen LogP contribution in [0.1, 0.15) is 11.1 Å². The van der Waals surface area contributed by atoms with Crippen molar-refractivity contribution in [2.45, 2.75) is 6.92 Å². The smallest absolute Gasteiger partial charge is 0.220 e. The van der Waals surface area contributed by atoms with Crippen LogP contribution in [-0.2, 0) is 0 Å². The Kier molecular flexibility index (Phi) is 3.71. The Bertz CT molecular complexity index is 595. The Labute approximate surface area is 115 Å². The molecule has 1 aromatic carbocycles. The van der Waals surface area contributed by atoms with Gasteiger partial charge in [0.05, 0.1) is 5.56 Å². The molecule has 0 saturated heterocycles. The van der Waals surface area contributed by atoms with Crippen LogP contribution in [0.15, 0.2) is 30.3 Å². The van der Waals surface area contributed by atoms with Crippen LogP contribution in [0.4, 0.5) is 0 Å². The maximum atomic E-state index is 8.88. The van der Waals surface area contributed by atoms with Gasteiger partial charge in [-0.05, 0) is 36.8 Å². The Morgan fingerprint density at radius 2 is 1.89 bits per heavy atom. The van der Waals surface area contributed by atoms with Gasteiger partial charge < -0.3 is 4.74 Å². The minimum Gasteiger partial charge on any atom is -0.439 e. The number of nitrogens with zero attached hydrogens (tertiary/aromatic N) is 2. The molecule has 3 nitrogen and oxygen atoms in total. The number of aryl methyl sites for hydroxylation is 1. The molecule has 0 atom stereocenters. The Hall–Kier alpha value is -1.76. The zero-order chi connectivity index (χ0) is 13.1. The molecule has 0 aliphatic carbocycles. The number of ether oxygens (including phenoxy) is 1. The maximum Gasteiger partial charge on any atom is 0.220 e. The molecule has 0 bridgehead atoms. The van der Waals surface area contributed by atoms with Crippen LogP contribution < -0.4 is 4.74 Å². The Balaban J connectivity index is 2.31. The van der Waals surface area contributed by atoms with Crippen molar-refractivity contribution < 1.29 is 4.74 Å². The molecular weight excluding hydrogens is 271 g/mol. The van der Waals surface area contributed by atoms with Crippen molar-refractivity contribution in [3.8, 4) is 17.7 Å². The van der Waals surface area contributed by atoms with Gasteiger partial charge >= 0.3 is 0 Å². The Morgan fingerprint density at radius 1 is 1.22 bits per heavy atom.